The summed E-state index contributed by atoms with van der Waals surface area (Å²) in [7, 11) is -4.07. The van der Waals surface area contributed by atoms with Gasteiger partial charge < -0.3 is 9.73 Å². The van der Waals surface area contributed by atoms with Crippen molar-refractivity contribution in [2.45, 2.75) is 60.6 Å². The van der Waals surface area contributed by atoms with E-state index < -0.39 is 38.1 Å². The van der Waals surface area contributed by atoms with Crippen molar-refractivity contribution < 1.29 is 30.8 Å². The number of hydrogen-bond donors (Lipinski definition) is 1. The Morgan fingerprint density at radius 1 is 1.12 bits per heavy atom. The third-order valence-electron chi connectivity index (χ3n) is 5.25. The summed E-state index contributed by atoms with van der Waals surface area (Å²) in [5, 5.41) is 3.46. The molecule has 1 fully saturated rings. The molecule has 0 bridgehead atoms. The van der Waals surface area contributed by atoms with E-state index in [0.717, 1.165) is 30.4 Å². The third-order valence-corrected chi connectivity index (χ3v) is 8.35. The standard InChI is InChI=1S/C22H26F3NO4S2/c23-22(24,25)16-6-4-9-19(14-16)32(28,29)15-17-10-11-20(30-17)21(27)26-12-5-13-31-18-7-2-1-3-8-18/h4,6,9-11,14,18H,1-3,5,7-8,12-13,15H2,(H,26,27). The average molecular weight is 490 g/mol. The highest BCUT2D eigenvalue weighted by atomic mass is 32.2. The molecule has 0 saturated heterocycles. The number of halogens is 3. The van der Waals surface area contributed by atoms with Crippen LogP contribution >= 0.6 is 11.8 Å². The summed E-state index contributed by atoms with van der Waals surface area (Å²) in [5.41, 5.74) is -1.04. The highest BCUT2D eigenvalue weighted by Gasteiger charge is 2.32. The fraction of sp³-hybridized carbons (Fsp3) is 0.500. The van der Waals surface area contributed by atoms with Crippen molar-refractivity contribution in [3.8, 4) is 0 Å². The molecule has 1 aromatic carbocycles. The highest BCUT2D eigenvalue weighted by Crippen LogP contribution is 2.31. The van der Waals surface area contributed by atoms with E-state index in [1.165, 1.54) is 44.2 Å². The van der Waals surface area contributed by atoms with Crippen molar-refractivity contribution >= 4 is 27.5 Å². The van der Waals surface area contributed by atoms with Crippen molar-refractivity contribution in [1.82, 2.24) is 5.32 Å². The number of sulfone groups is 1. The van der Waals surface area contributed by atoms with E-state index >= 15 is 0 Å². The Balaban J connectivity index is 1.49. The monoisotopic (exact) mass is 489 g/mol. The molecule has 3 rings (SSSR count). The van der Waals surface area contributed by atoms with Crippen LogP contribution in [0.25, 0.3) is 0 Å². The van der Waals surface area contributed by atoms with Gasteiger partial charge in [-0.2, -0.15) is 24.9 Å². The summed E-state index contributed by atoms with van der Waals surface area (Å²) in [6, 6.07) is 6.26. The van der Waals surface area contributed by atoms with Crippen molar-refractivity contribution in [3.05, 3.63) is 53.5 Å². The predicted octanol–water partition coefficient (Wildman–Crippen LogP) is 5.46. The molecule has 2 aromatic rings. The number of alkyl halides is 3. The van der Waals surface area contributed by atoms with E-state index in [1.54, 1.807) is 0 Å². The van der Waals surface area contributed by atoms with E-state index in [-0.39, 0.29) is 11.5 Å². The number of rotatable bonds is 9. The van der Waals surface area contributed by atoms with E-state index in [2.05, 4.69) is 5.32 Å². The van der Waals surface area contributed by atoms with Gasteiger partial charge in [-0.3, -0.25) is 4.79 Å². The van der Waals surface area contributed by atoms with Crippen LogP contribution in [0.3, 0.4) is 0 Å². The molecule has 1 aliphatic carbocycles. The second-order valence-electron chi connectivity index (χ2n) is 7.79. The van der Waals surface area contributed by atoms with Gasteiger partial charge in [0.2, 0.25) is 0 Å². The summed E-state index contributed by atoms with van der Waals surface area (Å²) in [6.07, 6.45) is 2.60. The number of furan rings is 1. The van der Waals surface area contributed by atoms with Crippen LogP contribution in [0.2, 0.25) is 0 Å². The lowest BCUT2D eigenvalue weighted by atomic mass is 10.0. The SMILES string of the molecule is O=C(NCCCSC1CCCCC1)c1ccc(CS(=O)(=O)c2cccc(C(F)(F)F)c2)o1. The Hall–Kier alpha value is -1.94. The maximum Gasteiger partial charge on any atom is 0.416 e. The Morgan fingerprint density at radius 2 is 1.88 bits per heavy atom. The Morgan fingerprint density at radius 3 is 2.59 bits per heavy atom. The lowest BCUT2D eigenvalue weighted by molar-refractivity contribution is -0.137. The maximum atomic E-state index is 12.9. The predicted molar refractivity (Wildman–Crippen MR) is 117 cm³/mol. The van der Waals surface area contributed by atoms with E-state index in [4.69, 9.17) is 4.42 Å². The van der Waals surface area contributed by atoms with Gasteiger partial charge in [0.15, 0.2) is 15.6 Å². The molecule has 1 aromatic heterocycles. The average Bonchev–Trinajstić information content (AvgIpc) is 3.21. The minimum atomic E-state index is -4.64. The zero-order chi connectivity index (χ0) is 23.2. The Labute approximate surface area is 190 Å². The minimum Gasteiger partial charge on any atom is -0.455 e. The molecule has 0 unspecified atom stereocenters. The van der Waals surface area contributed by atoms with Crippen molar-refractivity contribution in [2.24, 2.45) is 0 Å². The van der Waals surface area contributed by atoms with E-state index in [9.17, 15) is 26.4 Å². The smallest absolute Gasteiger partial charge is 0.416 e. The van der Waals surface area contributed by atoms with E-state index in [1.807, 2.05) is 11.8 Å². The molecular formula is C22H26F3NO4S2. The van der Waals surface area contributed by atoms with Gasteiger partial charge in [0.05, 0.1) is 10.5 Å². The third kappa shape index (κ3) is 7.03. The molecule has 0 atom stereocenters. The molecule has 1 saturated carbocycles. The first-order chi connectivity index (χ1) is 15.1. The van der Waals surface area contributed by atoms with Gasteiger partial charge in [-0.05, 0) is 55.3 Å². The molecule has 0 aliphatic heterocycles. The molecule has 1 amide bonds. The number of hydrogen-bond acceptors (Lipinski definition) is 5. The molecule has 0 spiro atoms. The molecule has 1 aliphatic rings. The highest BCUT2D eigenvalue weighted by molar-refractivity contribution is 7.99. The largest absolute Gasteiger partial charge is 0.455 e. The van der Waals surface area contributed by atoms with Gasteiger partial charge in [-0.15, -0.1) is 0 Å². The second kappa shape index (κ2) is 10.8. The molecule has 32 heavy (non-hydrogen) atoms. The maximum absolute atomic E-state index is 12.9. The zero-order valence-corrected chi connectivity index (χ0v) is 19.1. The van der Waals surface area contributed by atoms with Gasteiger partial charge in [-0.1, -0.05) is 25.3 Å². The molecule has 176 valence electrons. The zero-order valence-electron chi connectivity index (χ0n) is 17.5. The molecule has 5 nitrogen and oxygen atoms in total. The first-order valence-corrected chi connectivity index (χ1v) is 13.2. The summed E-state index contributed by atoms with van der Waals surface area (Å²) in [5.74, 6) is -0.168. The van der Waals surface area contributed by atoms with Crippen LogP contribution in [0, 0.1) is 0 Å². The summed E-state index contributed by atoms with van der Waals surface area (Å²) in [6.45, 7) is 0.483. The van der Waals surface area contributed by atoms with Gasteiger partial charge in [0.1, 0.15) is 11.5 Å². The molecular weight excluding hydrogens is 463 g/mol. The first kappa shape index (κ1) is 24.7. The summed E-state index contributed by atoms with van der Waals surface area (Å²) < 4.78 is 68.9. The number of carbonyl (C=O) groups excluding carboxylic acids is 1. The molecule has 1 N–H and O–H groups in total. The second-order valence-corrected chi connectivity index (χ2v) is 11.2. The molecule has 1 heterocycles. The van der Waals surface area contributed by atoms with Crippen LogP contribution in [-0.4, -0.2) is 31.9 Å². The van der Waals surface area contributed by atoms with Crippen molar-refractivity contribution in [3.63, 3.8) is 0 Å². The number of carbonyl (C=O) groups is 1. The lowest BCUT2D eigenvalue weighted by Crippen LogP contribution is -2.24. The normalized spacial score (nSPS) is 15.6. The minimum absolute atomic E-state index is 0.0135. The lowest BCUT2D eigenvalue weighted by Gasteiger charge is -2.20. The van der Waals surface area contributed by atoms with E-state index in [0.29, 0.717) is 17.9 Å². The first-order valence-electron chi connectivity index (χ1n) is 10.5. The topological polar surface area (TPSA) is 76.4 Å². The van der Waals surface area contributed by atoms with Gasteiger partial charge in [0, 0.05) is 11.8 Å². The van der Waals surface area contributed by atoms with Gasteiger partial charge in [0.25, 0.3) is 5.91 Å². The summed E-state index contributed by atoms with van der Waals surface area (Å²) in [4.78, 5) is 11.8. The number of benzene rings is 1. The van der Waals surface area contributed by atoms with Crippen molar-refractivity contribution in [1.29, 1.82) is 0 Å². The quantitative estimate of drug-likeness (QED) is 0.474. The van der Waals surface area contributed by atoms with Crippen molar-refractivity contribution in [2.75, 3.05) is 12.3 Å². The number of thioether (sulfide) groups is 1. The van der Waals surface area contributed by atoms with Crippen LogP contribution in [0.5, 0.6) is 0 Å². The van der Waals surface area contributed by atoms with Crippen LogP contribution in [0.1, 0.15) is 60.4 Å². The van der Waals surface area contributed by atoms with Crippen LogP contribution < -0.4 is 5.32 Å². The summed E-state index contributed by atoms with van der Waals surface area (Å²) >= 11 is 1.94. The fourth-order valence-electron chi connectivity index (χ4n) is 3.56. The Bertz CT molecular complexity index is 1010. The van der Waals surface area contributed by atoms with Gasteiger partial charge >= 0.3 is 6.18 Å². The van der Waals surface area contributed by atoms with Crippen LogP contribution in [0.15, 0.2) is 45.7 Å². The number of nitrogens with one attached hydrogen (secondary N) is 1. The fourth-order valence-corrected chi connectivity index (χ4v) is 6.16. The van der Waals surface area contributed by atoms with Gasteiger partial charge in [-0.25, -0.2) is 8.42 Å². The van der Waals surface area contributed by atoms with Crippen LogP contribution in [0.4, 0.5) is 13.2 Å². The number of amides is 1. The van der Waals surface area contributed by atoms with Crippen LogP contribution in [-0.2, 0) is 21.8 Å². The molecule has 10 heteroatoms. The molecule has 0 radical (unpaired) electrons. The Kier molecular flexibility index (Phi) is 8.32.